The van der Waals surface area contributed by atoms with Gasteiger partial charge in [-0.1, -0.05) is 74.7 Å². The minimum Gasteiger partial charge on any atom is -0.465 e. The van der Waals surface area contributed by atoms with E-state index in [0.717, 1.165) is 49.9 Å². The summed E-state index contributed by atoms with van der Waals surface area (Å²) in [6, 6.07) is 20.4. The molecule has 1 aliphatic carbocycles. The van der Waals surface area contributed by atoms with Crippen LogP contribution in [0.15, 0.2) is 71.2 Å². The molecule has 0 aliphatic heterocycles. The summed E-state index contributed by atoms with van der Waals surface area (Å²) in [4.78, 5) is 40.8. The Morgan fingerprint density at radius 2 is 1.52 bits per heavy atom. The first-order valence-electron chi connectivity index (χ1n) is 16.6. The average Bonchev–Trinajstić information content (AvgIpc) is 3.09. The van der Waals surface area contributed by atoms with Crippen LogP contribution in [0.2, 0.25) is 0 Å². The summed E-state index contributed by atoms with van der Waals surface area (Å²) in [5, 5.41) is 0. The van der Waals surface area contributed by atoms with Gasteiger partial charge in [-0.2, -0.15) is 0 Å². The Bertz CT molecular complexity index is 1450. The molecule has 7 nitrogen and oxygen atoms in total. The number of nitrogens with two attached hydrogens (primary N) is 1. The van der Waals surface area contributed by atoms with Crippen LogP contribution in [-0.4, -0.2) is 48.4 Å². The Balaban J connectivity index is 1.15. The molecular weight excluding hydrogens is 644 g/mol. The van der Waals surface area contributed by atoms with E-state index in [1.165, 1.54) is 32.1 Å². The van der Waals surface area contributed by atoms with Crippen LogP contribution in [-0.2, 0) is 20.8 Å². The molecule has 1 fully saturated rings. The molecule has 2 N–H and O–H groups in total. The predicted molar refractivity (Wildman–Crippen MR) is 186 cm³/mol. The molecule has 0 amide bonds. The van der Waals surface area contributed by atoms with Gasteiger partial charge in [0.2, 0.25) is 0 Å². The van der Waals surface area contributed by atoms with E-state index in [1.807, 2.05) is 30.3 Å². The predicted octanol–water partition coefficient (Wildman–Crippen LogP) is 8.48. The molecule has 4 rings (SSSR count). The number of ether oxygens (including phenoxy) is 2. The number of halogens is 1. The van der Waals surface area contributed by atoms with Crippen LogP contribution >= 0.6 is 15.9 Å². The number of carbonyl (C=O) groups is 3. The van der Waals surface area contributed by atoms with Gasteiger partial charge < -0.3 is 15.2 Å². The summed E-state index contributed by atoms with van der Waals surface area (Å²) in [6.07, 6.45) is 9.44. The van der Waals surface area contributed by atoms with Gasteiger partial charge in [0, 0.05) is 28.2 Å². The zero-order valence-corrected chi connectivity index (χ0v) is 28.7. The third-order valence-corrected chi connectivity index (χ3v) is 9.53. The van der Waals surface area contributed by atoms with Crippen LogP contribution in [0.3, 0.4) is 0 Å². The highest BCUT2D eigenvalue weighted by Gasteiger charge is 2.22. The van der Waals surface area contributed by atoms with E-state index in [1.54, 1.807) is 43.3 Å². The van der Waals surface area contributed by atoms with Crippen molar-refractivity contribution in [2.45, 2.75) is 90.1 Å². The number of hydrogen-bond donors (Lipinski definition) is 1. The molecule has 3 aromatic carbocycles. The van der Waals surface area contributed by atoms with Crippen molar-refractivity contribution < 1.29 is 23.9 Å². The Hall–Kier alpha value is -3.49. The van der Waals surface area contributed by atoms with Crippen molar-refractivity contribution in [2.24, 2.45) is 0 Å². The number of hydrogen-bond acceptors (Lipinski definition) is 7. The fourth-order valence-corrected chi connectivity index (χ4v) is 6.53. The van der Waals surface area contributed by atoms with Crippen molar-refractivity contribution in [2.75, 3.05) is 25.5 Å². The number of benzene rings is 3. The molecule has 1 aliphatic rings. The first-order chi connectivity index (χ1) is 22.3. The molecule has 8 heteroatoms. The second-order valence-electron chi connectivity index (χ2n) is 12.1. The van der Waals surface area contributed by atoms with Crippen molar-refractivity contribution in [3.05, 3.63) is 99.0 Å². The van der Waals surface area contributed by atoms with Crippen LogP contribution in [0, 0.1) is 0 Å². The first-order valence-corrected chi connectivity index (χ1v) is 17.4. The second-order valence-corrected chi connectivity index (χ2v) is 13.0. The normalized spacial score (nSPS) is 14.2. The van der Waals surface area contributed by atoms with Gasteiger partial charge in [0.15, 0.2) is 5.78 Å². The summed E-state index contributed by atoms with van der Waals surface area (Å²) in [5.74, 6) is -1.21. The lowest BCUT2D eigenvalue weighted by atomic mass is 9.93. The Morgan fingerprint density at radius 1 is 0.848 bits per heavy atom. The third kappa shape index (κ3) is 10.0. The highest BCUT2D eigenvalue weighted by Crippen LogP contribution is 2.30. The van der Waals surface area contributed by atoms with Gasteiger partial charge >= 0.3 is 11.9 Å². The zero-order valence-electron chi connectivity index (χ0n) is 27.1. The Labute approximate surface area is 282 Å². The quantitative estimate of drug-likeness (QED) is 0.0697. The summed E-state index contributed by atoms with van der Waals surface area (Å²) < 4.78 is 11.8. The van der Waals surface area contributed by atoms with Crippen LogP contribution in [0.4, 0.5) is 5.69 Å². The highest BCUT2D eigenvalue weighted by molar-refractivity contribution is 9.10. The molecule has 0 bridgehead atoms. The number of nitrogen functional groups attached to an aromatic ring is 1. The van der Waals surface area contributed by atoms with Crippen molar-refractivity contribution in [1.29, 1.82) is 0 Å². The molecule has 1 atom stereocenters. The highest BCUT2D eigenvalue weighted by atomic mass is 79.9. The van der Waals surface area contributed by atoms with Crippen LogP contribution in [0.1, 0.15) is 115 Å². The van der Waals surface area contributed by atoms with Gasteiger partial charge in [-0.15, -0.1) is 0 Å². The third-order valence-electron chi connectivity index (χ3n) is 8.88. The molecule has 1 saturated carbocycles. The van der Waals surface area contributed by atoms with Crippen molar-refractivity contribution >= 4 is 39.3 Å². The maximum absolute atomic E-state index is 12.9. The largest absolute Gasteiger partial charge is 0.465 e. The van der Waals surface area contributed by atoms with Crippen molar-refractivity contribution in [3.63, 3.8) is 0 Å². The zero-order chi connectivity index (χ0) is 32.9. The monoisotopic (exact) mass is 690 g/mol. The van der Waals surface area contributed by atoms with Gasteiger partial charge in [-0.25, -0.2) is 4.79 Å². The van der Waals surface area contributed by atoms with E-state index in [0.29, 0.717) is 46.1 Å². The average molecular weight is 692 g/mol. The summed E-state index contributed by atoms with van der Waals surface area (Å²) in [7, 11) is 0. The number of ketones is 1. The maximum atomic E-state index is 12.9. The lowest BCUT2D eigenvalue weighted by Crippen LogP contribution is -2.36. The van der Waals surface area contributed by atoms with Gasteiger partial charge in [0.05, 0.1) is 30.4 Å². The van der Waals surface area contributed by atoms with Crippen molar-refractivity contribution in [1.82, 2.24) is 4.90 Å². The van der Waals surface area contributed by atoms with E-state index in [-0.39, 0.29) is 17.7 Å². The molecule has 246 valence electrons. The van der Waals surface area contributed by atoms with E-state index >= 15 is 0 Å². The first kappa shape index (κ1) is 35.4. The lowest BCUT2D eigenvalue weighted by Gasteiger charge is -2.34. The molecule has 3 aromatic rings. The smallest absolute Gasteiger partial charge is 0.338 e. The summed E-state index contributed by atoms with van der Waals surface area (Å²) in [5.41, 5.74) is 10.4. The molecule has 1 unspecified atom stereocenters. The molecular formula is C38H47BrN2O5. The Kier molecular flexibility index (Phi) is 13.8. The maximum Gasteiger partial charge on any atom is 0.338 e. The molecule has 0 spiro atoms. The fraction of sp³-hybridized carbons (Fsp3) is 0.447. The van der Waals surface area contributed by atoms with E-state index in [4.69, 9.17) is 15.2 Å². The molecule has 0 heterocycles. The van der Waals surface area contributed by atoms with E-state index in [2.05, 4.69) is 27.8 Å². The minimum absolute atomic E-state index is 0.0760. The summed E-state index contributed by atoms with van der Waals surface area (Å²) >= 11 is 3.54. The summed E-state index contributed by atoms with van der Waals surface area (Å²) in [6.45, 7) is 6.29. The van der Waals surface area contributed by atoms with Crippen molar-refractivity contribution in [3.8, 4) is 0 Å². The molecule has 0 saturated heterocycles. The van der Waals surface area contributed by atoms with Gasteiger partial charge in [-0.05, 0) is 97.2 Å². The molecule has 0 aromatic heterocycles. The molecule has 46 heavy (non-hydrogen) atoms. The van der Waals surface area contributed by atoms with Crippen LogP contribution < -0.4 is 5.73 Å². The van der Waals surface area contributed by atoms with Crippen LogP contribution in [0.5, 0.6) is 0 Å². The lowest BCUT2D eigenvalue weighted by molar-refractivity contribution is -0.145. The minimum atomic E-state index is -0.478. The number of nitrogens with zero attached hydrogens (tertiary/aromatic N) is 1. The number of rotatable bonds is 16. The topological polar surface area (TPSA) is 98.9 Å². The number of esters is 2. The second kappa shape index (κ2) is 18.0. The SMILES string of the molecule is CCN(Cc1cc(C(=O)OCCCCCCOC(=O)C(C)c2cccc(C(=O)c3ccccc3)c2)cc(Br)c1N)C1CCCCC1. The Morgan fingerprint density at radius 3 is 2.22 bits per heavy atom. The van der Waals surface area contributed by atoms with Gasteiger partial charge in [0.25, 0.3) is 0 Å². The number of anilines is 1. The van der Waals surface area contributed by atoms with E-state index in [9.17, 15) is 14.4 Å². The number of unbranched alkanes of at least 4 members (excludes halogenated alkanes) is 3. The van der Waals surface area contributed by atoms with Crippen LogP contribution in [0.25, 0.3) is 0 Å². The molecule has 0 radical (unpaired) electrons. The van der Waals surface area contributed by atoms with Gasteiger partial charge in [0.1, 0.15) is 0 Å². The fourth-order valence-electron chi connectivity index (χ4n) is 6.03. The van der Waals surface area contributed by atoms with Gasteiger partial charge in [-0.3, -0.25) is 14.5 Å². The number of carbonyl (C=O) groups excluding carboxylic acids is 3. The van der Waals surface area contributed by atoms with E-state index < -0.39 is 5.92 Å². The standard InChI is InChI=1S/C38H47BrN2O5/c1-3-41(33-19-10-7-11-20-33)26-32-24-31(25-34(39)35(32)40)38(44)46-22-13-5-4-12-21-45-37(43)27(2)29-17-14-18-30(23-29)36(42)28-15-8-6-9-16-28/h6,8-9,14-18,23-25,27,33H,3-5,7,10-13,19-22,26,40H2,1-2H3.